The number of aromatic nitrogens is 2. The summed E-state index contributed by atoms with van der Waals surface area (Å²) >= 11 is 0. The largest absolute Gasteiger partial charge is 0.334 e. The van der Waals surface area contributed by atoms with Crippen LogP contribution in [0.1, 0.15) is 43.6 Å². The molecule has 2 saturated heterocycles. The molecule has 5 nitrogen and oxygen atoms in total. The lowest BCUT2D eigenvalue weighted by atomic mass is 9.57. The van der Waals surface area contributed by atoms with E-state index in [1.165, 1.54) is 0 Å². The summed E-state index contributed by atoms with van der Waals surface area (Å²) in [5.41, 5.74) is 0.538. The molecular formula is C18H21N3O2. The van der Waals surface area contributed by atoms with E-state index in [4.69, 9.17) is 0 Å². The van der Waals surface area contributed by atoms with Gasteiger partial charge in [0.15, 0.2) is 5.69 Å². The van der Waals surface area contributed by atoms with E-state index in [2.05, 4.69) is 24.0 Å². The number of hydrogen-bond donors (Lipinski definition) is 1. The average molecular weight is 311 g/mol. The summed E-state index contributed by atoms with van der Waals surface area (Å²) in [5, 5.41) is 7.45. The Hall–Kier alpha value is -2.17. The first-order valence-corrected chi connectivity index (χ1v) is 8.28. The number of fused-ring (bicyclic) bond motifs is 4. The van der Waals surface area contributed by atoms with Gasteiger partial charge >= 0.3 is 0 Å². The topological polar surface area (TPSA) is 66.1 Å². The molecule has 5 heteroatoms. The summed E-state index contributed by atoms with van der Waals surface area (Å²) in [7, 11) is 0. The van der Waals surface area contributed by atoms with Gasteiger partial charge in [0.2, 0.25) is 5.43 Å². The molecule has 2 atom stereocenters. The Morgan fingerprint density at radius 2 is 2.13 bits per heavy atom. The molecule has 1 N–H and O–H groups in total. The summed E-state index contributed by atoms with van der Waals surface area (Å²) in [6.07, 6.45) is 3.21. The predicted octanol–water partition coefficient (Wildman–Crippen LogP) is 2.57. The second-order valence-electron chi connectivity index (χ2n) is 7.36. The van der Waals surface area contributed by atoms with Crippen LogP contribution in [0.4, 0.5) is 0 Å². The highest BCUT2D eigenvalue weighted by atomic mass is 16.2. The Balaban J connectivity index is 1.75. The molecular weight excluding hydrogens is 290 g/mol. The van der Waals surface area contributed by atoms with Crippen LogP contribution in [0.25, 0.3) is 10.9 Å². The van der Waals surface area contributed by atoms with E-state index in [1.54, 1.807) is 18.2 Å². The van der Waals surface area contributed by atoms with Crippen molar-refractivity contribution < 1.29 is 4.79 Å². The van der Waals surface area contributed by atoms with Crippen LogP contribution < -0.4 is 5.43 Å². The highest BCUT2D eigenvalue weighted by Crippen LogP contribution is 2.53. The smallest absolute Gasteiger partial charge is 0.278 e. The van der Waals surface area contributed by atoms with E-state index in [1.807, 2.05) is 11.0 Å². The molecule has 3 heterocycles. The Kier molecular flexibility index (Phi) is 3.08. The summed E-state index contributed by atoms with van der Waals surface area (Å²) in [6, 6.07) is 7.39. The van der Waals surface area contributed by atoms with Gasteiger partial charge in [-0.05, 0) is 42.7 Å². The zero-order valence-electron chi connectivity index (χ0n) is 13.5. The molecule has 2 bridgehead atoms. The fourth-order valence-corrected chi connectivity index (χ4v) is 4.27. The fourth-order valence-electron chi connectivity index (χ4n) is 4.27. The third kappa shape index (κ3) is 2.02. The van der Waals surface area contributed by atoms with Gasteiger partial charge in [0.25, 0.3) is 5.91 Å². The highest BCUT2D eigenvalue weighted by Gasteiger charge is 2.53. The van der Waals surface area contributed by atoms with E-state index < -0.39 is 0 Å². The highest BCUT2D eigenvalue weighted by molar-refractivity contribution is 5.95. The van der Waals surface area contributed by atoms with Crippen molar-refractivity contribution in [3.05, 3.63) is 40.2 Å². The van der Waals surface area contributed by atoms with Crippen molar-refractivity contribution in [3.63, 3.8) is 0 Å². The minimum Gasteiger partial charge on any atom is -0.334 e. The van der Waals surface area contributed by atoms with Gasteiger partial charge in [0.05, 0.1) is 5.52 Å². The van der Waals surface area contributed by atoms with Gasteiger partial charge < -0.3 is 4.90 Å². The van der Waals surface area contributed by atoms with Gasteiger partial charge in [-0.2, -0.15) is 5.10 Å². The lowest BCUT2D eigenvalue weighted by Crippen LogP contribution is -2.58. The maximum Gasteiger partial charge on any atom is 0.278 e. The quantitative estimate of drug-likeness (QED) is 0.880. The number of hydrogen-bond acceptors (Lipinski definition) is 3. The summed E-state index contributed by atoms with van der Waals surface area (Å²) in [5.74, 6) is 0.462. The first-order valence-electron chi connectivity index (χ1n) is 8.28. The molecule has 5 rings (SSSR count). The number of para-hydroxylation sites is 1. The van der Waals surface area contributed by atoms with Gasteiger partial charge in [-0.25, -0.2) is 0 Å². The van der Waals surface area contributed by atoms with Crippen molar-refractivity contribution in [2.45, 2.75) is 39.2 Å². The number of benzene rings is 1. The first kappa shape index (κ1) is 14.4. The molecule has 120 valence electrons. The van der Waals surface area contributed by atoms with E-state index in [-0.39, 0.29) is 28.5 Å². The lowest BCUT2D eigenvalue weighted by Gasteiger charge is -2.54. The Morgan fingerprint density at radius 1 is 1.35 bits per heavy atom. The minimum absolute atomic E-state index is 0.0184. The molecule has 0 spiro atoms. The van der Waals surface area contributed by atoms with Gasteiger partial charge in [-0.3, -0.25) is 14.7 Å². The van der Waals surface area contributed by atoms with Crippen LogP contribution in [0.15, 0.2) is 29.1 Å². The van der Waals surface area contributed by atoms with Crippen molar-refractivity contribution in [2.75, 3.05) is 6.54 Å². The third-order valence-electron chi connectivity index (χ3n) is 5.88. The molecule has 1 aliphatic carbocycles. The second kappa shape index (κ2) is 4.91. The van der Waals surface area contributed by atoms with Crippen molar-refractivity contribution in [1.29, 1.82) is 0 Å². The van der Waals surface area contributed by atoms with Gasteiger partial charge in [0, 0.05) is 18.0 Å². The number of H-pyrrole nitrogens is 1. The second-order valence-corrected chi connectivity index (χ2v) is 7.36. The molecule has 1 aromatic carbocycles. The molecule has 23 heavy (non-hydrogen) atoms. The number of nitrogens with zero attached hydrogens (tertiary/aromatic N) is 2. The average Bonchev–Trinajstić information content (AvgIpc) is 2.86. The number of rotatable bonds is 1. The zero-order chi connectivity index (χ0) is 16.2. The number of carbonyl (C=O) groups excluding carboxylic acids is 1. The molecule has 0 radical (unpaired) electrons. The molecule has 1 saturated carbocycles. The summed E-state index contributed by atoms with van der Waals surface area (Å²) < 4.78 is 0. The van der Waals surface area contributed by atoms with Crippen LogP contribution in [0.5, 0.6) is 0 Å². The standard InChI is InChI=1S/C18H21N3O2/c1-18(2)11-6-5-9-21(14(18)10-11)17(23)15-16(22)12-7-3-4-8-13(12)19-20-15/h3-4,7-8,11,14H,5-6,9-10H2,1-2H3,(H,19,22). The normalized spacial score (nSPS) is 25.7. The molecule has 2 aliphatic heterocycles. The molecule has 3 fully saturated rings. The zero-order valence-corrected chi connectivity index (χ0v) is 13.5. The van der Waals surface area contributed by atoms with Crippen LogP contribution in [0, 0.1) is 11.3 Å². The molecule has 2 unspecified atom stereocenters. The molecule has 3 aliphatic rings. The molecule has 1 amide bonds. The van der Waals surface area contributed by atoms with E-state index in [9.17, 15) is 9.59 Å². The predicted molar refractivity (Wildman–Crippen MR) is 88.3 cm³/mol. The van der Waals surface area contributed by atoms with E-state index in [0.29, 0.717) is 16.8 Å². The molecule has 2 aromatic rings. The number of carbonyl (C=O) groups is 1. The van der Waals surface area contributed by atoms with E-state index in [0.717, 1.165) is 25.8 Å². The Labute approximate surface area is 134 Å². The maximum atomic E-state index is 13.0. The van der Waals surface area contributed by atoms with Crippen molar-refractivity contribution in [1.82, 2.24) is 15.1 Å². The van der Waals surface area contributed by atoms with Crippen LogP contribution in [-0.2, 0) is 0 Å². The third-order valence-corrected chi connectivity index (χ3v) is 5.88. The minimum atomic E-state index is -0.276. The van der Waals surface area contributed by atoms with Crippen LogP contribution >= 0.6 is 0 Å². The lowest BCUT2D eigenvalue weighted by molar-refractivity contribution is -0.0328. The molecule has 1 aromatic heterocycles. The Bertz CT molecular complexity index is 840. The monoisotopic (exact) mass is 311 g/mol. The van der Waals surface area contributed by atoms with Crippen LogP contribution in [0.2, 0.25) is 0 Å². The van der Waals surface area contributed by atoms with Gasteiger partial charge in [0.1, 0.15) is 0 Å². The maximum absolute atomic E-state index is 13.0. The van der Waals surface area contributed by atoms with Crippen LogP contribution in [0.3, 0.4) is 0 Å². The van der Waals surface area contributed by atoms with Crippen LogP contribution in [-0.4, -0.2) is 33.6 Å². The number of nitrogens with one attached hydrogen (secondary N) is 1. The first-order chi connectivity index (χ1) is 11.0. The van der Waals surface area contributed by atoms with E-state index >= 15 is 0 Å². The van der Waals surface area contributed by atoms with Crippen molar-refractivity contribution >= 4 is 16.8 Å². The SMILES string of the molecule is CC1(C)C2CCCN(C(=O)c3n[nH]c4ccccc4c3=O)C1C2. The number of aromatic amines is 1. The number of amides is 1. The summed E-state index contributed by atoms with van der Waals surface area (Å²) in [6.45, 7) is 5.18. The summed E-state index contributed by atoms with van der Waals surface area (Å²) in [4.78, 5) is 27.5. The van der Waals surface area contributed by atoms with Gasteiger partial charge in [-0.1, -0.05) is 26.0 Å². The Morgan fingerprint density at radius 3 is 2.91 bits per heavy atom. The van der Waals surface area contributed by atoms with Crippen molar-refractivity contribution in [3.8, 4) is 0 Å². The van der Waals surface area contributed by atoms with Crippen molar-refractivity contribution in [2.24, 2.45) is 11.3 Å². The fraction of sp³-hybridized carbons (Fsp3) is 0.500. The van der Waals surface area contributed by atoms with Gasteiger partial charge in [-0.15, -0.1) is 0 Å².